The van der Waals surface area contributed by atoms with E-state index in [1.807, 2.05) is 6.92 Å². The summed E-state index contributed by atoms with van der Waals surface area (Å²) in [7, 11) is 0. The molecule has 0 fully saturated rings. The minimum Gasteiger partial charge on any atom is -0.382 e. The molecular weight excluding hydrogens is 279 g/mol. The van der Waals surface area contributed by atoms with Crippen molar-refractivity contribution in [2.75, 3.05) is 17.6 Å². The van der Waals surface area contributed by atoms with Crippen LogP contribution in [-0.4, -0.2) is 17.4 Å². The Balaban J connectivity index is 2.01. The molecule has 106 valence electrons. The molecule has 4 N–H and O–H groups in total. The van der Waals surface area contributed by atoms with Crippen LogP contribution in [-0.2, 0) is 6.54 Å². The van der Waals surface area contributed by atoms with Gasteiger partial charge < -0.3 is 16.4 Å². The van der Waals surface area contributed by atoms with Gasteiger partial charge in [-0.2, -0.15) is 0 Å². The standard InChI is InChI=1S/C13H15FN4OS/c1-2-16-13-18-11(15)10(20-13)12(19)17-7-8-4-3-5-9(14)6-8/h3-6H,2,7,15H2,1H3,(H,16,18)(H,17,19). The Labute approximate surface area is 120 Å². The smallest absolute Gasteiger partial charge is 0.265 e. The second-order valence-electron chi connectivity index (χ2n) is 4.08. The van der Waals surface area contributed by atoms with Crippen molar-refractivity contribution >= 4 is 28.2 Å². The average Bonchev–Trinajstić information content (AvgIpc) is 2.78. The van der Waals surface area contributed by atoms with Gasteiger partial charge in [0.25, 0.3) is 5.91 Å². The van der Waals surface area contributed by atoms with E-state index in [1.165, 1.54) is 23.5 Å². The maximum atomic E-state index is 13.0. The fourth-order valence-electron chi connectivity index (χ4n) is 1.63. The maximum Gasteiger partial charge on any atom is 0.265 e. The van der Waals surface area contributed by atoms with Crippen molar-refractivity contribution < 1.29 is 9.18 Å². The lowest BCUT2D eigenvalue weighted by molar-refractivity contribution is 0.0955. The van der Waals surface area contributed by atoms with Crippen LogP contribution in [0, 0.1) is 5.82 Å². The van der Waals surface area contributed by atoms with E-state index in [0.29, 0.717) is 22.1 Å². The van der Waals surface area contributed by atoms with Crippen LogP contribution >= 0.6 is 11.3 Å². The van der Waals surface area contributed by atoms with Crippen molar-refractivity contribution in [3.8, 4) is 0 Å². The predicted octanol–water partition coefficient (Wildman–Crippen LogP) is 2.23. The maximum absolute atomic E-state index is 13.0. The number of rotatable bonds is 5. The highest BCUT2D eigenvalue weighted by molar-refractivity contribution is 7.18. The lowest BCUT2D eigenvalue weighted by Crippen LogP contribution is -2.22. The van der Waals surface area contributed by atoms with Gasteiger partial charge in [0.15, 0.2) is 5.13 Å². The van der Waals surface area contributed by atoms with Crippen molar-refractivity contribution in [1.82, 2.24) is 10.3 Å². The van der Waals surface area contributed by atoms with E-state index >= 15 is 0 Å². The van der Waals surface area contributed by atoms with E-state index in [1.54, 1.807) is 12.1 Å². The Kier molecular flexibility index (Phi) is 4.52. The van der Waals surface area contributed by atoms with Crippen LogP contribution in [0.1, 0.15) is 22.2 Å². The van der Waals surface area contributed by atoms with Gasteiger partial charge in [0.2, 0.25) is 0 Å². The van der Waals surface area contributed by atoms with Gasteiger partial charge in [0.1, 0.15) is 16.5 Å². The highest BCUT2D eigenvalue weighted by atomic mass is 32.1. The van der Waals surface area contributed by atoms with Crippen molar-refractivity contribution in [2.45, 2.75) is 13.5 Å². The van der Waals surface area contributed by atoms with Gasteiger partial charge in [-0.1, -0.05) is 23.5 Å². The lowest BCUT2D eigenvalue weighted by atomic mass is 10.2. The number of benzene rings is 1. The summed E-state index contributed by atoms with van der Waals surface area (Å²) in [4.78, 5) is 16.4. The molecule has 0 bridgehead atoms. The first-order valence-electron chi connectivity index (χ1n) is 6.13. The fraction of sp³-hybridized carbons (Fsp3) is 0.231. The minimum atomic E-state index is -0.330. The summed E-state index contributed by atoms with van der Waals surface area (Å²) >= 11 is 1.20. The zero-order valence-electron chi connectivity index (χ0n) is 10.9. The Morgan fingerprint density at radius 2 is 2.30 bits per heavy atom. The number of carbonyl (C=O) groups is 1. The molecule has 0 aliphatic carbocycles. The number of nitrogens with one attached hydrogen (secondary N) is 2. The number of nitrogens with zero attached hydrogens (tertiary/aromatic N) is 1. The summed E-state index contributed by atoms with van der Waals surface area (Å²) in [6, 6.07) is 6.07. The Morgan fingerprint density at radius 1 is 1.50 bits per heavy atom. The van der Waals surface area contributed by atoms with Crippen molar-refractivity contribution in [3.05, 3.63) is 40.5 Å². The molecule has 20 heavy (non-hydrogen) atoms. The molecule has 2 rings (SSSR count). The van der Waals surface area contributed by atoms with E-state index < -0.39 is 0 Å². The molecule has 0 radical (unpaired) electrons. The van der Waals surface area contributed by atoms with Crippen molar-refractivity contribution in [3.63, 3.8) is 0 Å². The molecule has 0 saturated heterocycles. The molecule has 2 aromatic rings. The number of nitrogens with two attached hydrogens (primary N) is 1. The lowest BCUT2D eigenvalue weighted by Gasteiger charge is -2.04. The summed E-state index contributed by atoms with van der Waals surface area (Å²) < 4.78 is 13.0. The normalized spacial score (nSPS) is 10.3. The highest BCUT2D eigenvalue weighted by Crippen LogP contribution is 2.24. The zero-order valence-corrected chi connectivity index (χ0v) is 11.8. The first-order valence-corrected chi connectivity index (χ1v) is 6.94. The molecule has 0 spiro atoms. The van der Waals surface area contributed by atoms with E-state index in [-0.39, 0.29) is 24.1 Å². The molecule has 0 atom stereocenters. The first kappa shape index (κ1) is 14.3. The number of hydrogen-bond acceptors (Lipinski definition) is 5. The van der Waals surface area contributed by atoms with Gasteiger partial charge >= 0.3 is 0 Å². The number of anilines is 2. The second kappa shape index (κ2) is 6.33. The molecule has 1 aromatic carbocycles. The number of thiazole rings is 1. The third-order valence-corrected chi connectivity index (χ3v) is 3.56. The highest BCUT2D eigenvalue weighted by Gasteiger charge is 2.15. The number of aromatic nitrogens is 1. The monoisotopic (exact) mass is 294 g/mol. The fourth-order valence-corrected chi connectivity index (χ4v) is 2.50. The Hall–Kier alpha value is -2.15. The molecule has 1 amide bonds. The first-order chi connectivity index (χ1) is 9.60. The molecule has 5 nitrogen and oxygen atoms in total. The Bertz CT molecular complexity index is 614. The largest absolute Gasteiger partial charge is 0.382 e. The van der Waals surface area contributed by atoms with E-state index in [0.717, 1.165) is 0 Å². The predicted molar refractivity (Wildman–Crippen MR) is 78.3 cm³/mol. The van der Waals surface area contributed by atoms with Crippen LogP contribution in [0.5, 0.6) is 0 Å². The minimum absolute atomic E-state index is 0.197. The summed E-state index contributed by atoms with van der Waals surface area (Å²) in [6.07, 6.45) is 0. The van der Waals surface area contributed by atoms with E-state index in [2.05, 4.69) is 15.6 Å². The number of nitrogen functional groups attached to an aromatic ring is 1. The van der Waals surface area contributed by atoms with Crippen LogP contribution in [0.15, 0.2) is 24.3 Å². The van der Waals surface area contributed by atoms with E-state index in [4.69, 9.17) is 5.73 Å². The summed E-state index contributed by atoms with van der Waals surface area (Å²) in [5.41, 5.74) is 6.39. The van der Waals surface area contributed by atoms with Crippen LogP contribution in [0.3, 0.4) is 0 Å². The van der Waals surface area contributed by atoms with Crippen LogP contribution < -0.4 is 16.4 Å². The van der Waals surface area contributed by atoms with Gasteiger partial charge in [0, 0.05) is 13.1 Å². The molecule has 0 aliphatic heterocycles. The molecule has 0 unspecified atom stereocenters. The van der Waals surface area contributed by atoms with Gasteiger partial charge in [0.05, 0.1) is 0 Å². The quantitative estimate of drug-likeness (QED) is 0.790. The molecule has 0 saturated carbocycles. The van der Waals surface area contributed by atoms with Crippen molar-refractivity contribution in [2.24, 2.45) is 0 Å². The van der Waals surface area contributed by atoms with E-state index in [9.17, 15) is 9.18 Å². The van der Waals surface area contributed by atoms with Crippen molar-refractivity contribution in [1.29, 1.82) is 0 Å². The average molecular weight is 294 g/mol. The van der Waals surface area contributed by atoms with Gasteiger partial charge in [-0.25, -0.2) is 9.37 Å². The molecule has 1 heterocycles. The number of carbonyl (C=O) groups excluding carboxylic acids is 1. The van der Waals surface area contributed by atoms with Gasteiger partial charge in [-0.15, -0.1) is 0 Å². The van der Waals surface area contributed by atoms with Crippen LogP contribution in [0.4, 0.5) is 15.3 Å². The SMILES string of the molecule is CCNc1nc(N)c(C(=O)NCc2cccc(F)c2)s1. The molecule has 0 aliphatic rings. The third kappa shape index (κ3) is 3.45. The summed E-state index contributed by atoms with van der Waals surface area (Å²) in [6.45, 7) is 2.88. The molecule has 7 heteroatoms. The third-order valence-electron chi connectivity index (χ3n) is 2.53. The molecular formula is C13H15FN4OS. The van der Waals surface area contributed by atoms with Crippen LogP contribution in [0.2, 0.25) is 0 Å². The van der Waals surface area contributed by atoms with Gasteiger partial charge in [-0.05, 0) is 24.6 Å². The number of hydrogen-bond donors (Lipinski definition) is 3. The summed E-state index contributed by atoms with van der Waals surface area (Å²) in [5, 5.41) is 6.31. The zero-order chi connectivity index (χ0) is 14.5. The topological polar surface area (TPSA) is 80.0 Å². The number of halogens is 1. The van der Waals surface area contributed by atoms with Gasteiger partial charge in [-0.3, -0.25) is 4.79 Å². The Morgan fingerprint density at radius 3 is 3.00 bits per heavy atom. The summed E-state index contributed by atoms with van der Waals surface area (Å²) in [5.74, 6) is -0.445. The second-order valence-corrected chi connectivity index (χ2v) is 5.08. The number of amides is 1. The molecule has 1 aromatic heterocycles. The van der Waals surface area contributed by atoms with Crippen LogP contribution in [0.25, 0.3) is 0 Å².